The van der Waals surface area contributed by atoms with E-state index in [1.807, 2.05) is 43.3 Å². The Hall–Kier alpha value is -2.73. The average molecular weight is 425 g/mol. The first-order valence-corrected chi connectivity index (χ1v) is 10.9. The monoisotopic (exact) mass is 424 g/mol. The third-order valence-electron chi connectivity index (χ3n) is 5.37. The Labute approximate surface area is 182 Å². The number of nitrogens with one attached hydrogen (secondary N) is 1. The predicted molar refractivity (Wildman–Crippen MR) is 123 cm³/mol. The molecular weight excluding hydrogens is 396 g/mol. The zero-order valence-electron chi connectivity index (χ0n) is 17.1. The van der Waals surface area contributed by atoms with Crippen molar-refractivity contribution in [2.24, 2.45) is 5.92 Å². The first-order chi connectivity index (χ1) is 14.5. The Morgan fingerprint density at radius 2 is 1.80 bits per heavy atom. The van der Waals surface area contributed by atoms with Crippen LogP contribution >= 0.6 is 12.6 Å². The number of carboxylic acid groups (broad SMARTS) is 1. The molecule has 0 spiro atoms. The van der Waals surface area contributed by atoms with Crippen LogP contribution in [0.25, 0.3) is 10.9 Å². The maximum Gasteiger partial charge on any atom is 0.416 e. The van der Waals surface area contributed by atoms with Gasteiger partial charge in [0.1, 0.15) is 0 Å². The topological polar surface area (TPSA) is 71.3 Å². The highest BCUT2D eigenvalue weighted by atomic mass is 32.1. The van der Waals surface area contributed by atoms with Crippen LogP contribution in [-0.4, -0.2) is 33.5 Å². The third kappa shape index (κ3) is 5.45. The summed E-state index contributed by atoms with van der Waals surface area (Å²) in [6.07, 6.45) is 3.87. The van der Waals surface area contributed by atoms with Gasteiger partial charge in [0.15, 0.2) is 0 Å². The Morgan fingerprint density at radius 3 is 2.50 bits per heavy atom. The van der Waals surface area contributed by atoms with Crippen molar-refractivity contribution < 1.29 is 14.7 Å². The van der Waals surface area contributed by atoms with Gasteiger partial charge in [0, 0.05) is 29.3 Å². The quantitative estimate of drug-likeness (QED) is 0.433. The Balaban J connectivity index is 1.58. The second-order valence-corrected chi connectivity index (χ2v) is 8.06. The number of carbonyl (C=O) groups excluding carboxylic acids is 1. The first kappa shape index (κ1) is 22.0. The third-order valence-corrected chi connectivity index (χ3v) is 5.81. The van der Waals surface area contributed by atoms with Gasteiger partial charge in [-0.15, -0.1) is 0 Å². The highest BCUT2D eigenvalue weighted by Gasteiger charge is 2.20. The van der Waals surface area contributed by atoms with Gasteiger partial charge in [0.05, 0.1) is 5.52 Å². The minimum Gasteiger partial charge on any atom is -0.464 e. The molecule has 0 radical (unpaired) electrons. The average Bonchev–Trinajstić information content (AvgIpc) is 3.10. The van der Waals surface area contributed by atoms with Crippen LogP contribution in [0, 0.1) is 5.92 Å². The van der Waals surface area contributed by atoms with Crippen molar-refractivity contribution in [1.29, 1.82) is 0 Å². The zero-order chi connectivity index (χ0) is 21.5. The summed E-state index contributed by atoms with van der Waals surface area (Å²) >= 11 is 4.38. The van der Waals surface area contributed by atoms with Crippen LogP contribution in [0.1, 0.15) is 30.9 Å². The fourth-order valence-corrected chi connectivity index (χ4v) is 4.16. The number of fused-ring (bicyclic) bond motifs is 1. The lowest BCUT2D eigenvalue weighted by Crippen LogP contribution is -2.39. The molecule has 0 fully saturated rings. The number of thiol groups is 1. The SMILES string of the molecule is C[C@H](Cc1cn(C(=O)O)c2ccccc12)NC(=O)C(CS)CCCc1ccccc1. The molecular formula is C24H28N2O3S. The molecule has 2 N–H and O–H groups in total. The van der Waals surface area contributed by atoms with Gasteiger partial charge in [-0.25, -0.2) is 4.79 Å². The lowest BCUT2D eigenvalue weighted by atomic mass is 9.99. The van der Waals surface area contributed by atoms with Crippen LogP contribution in [0.3, 0.4) is 0 Å². The Morgan fingerprint density at radius 1 is 1.10 bits per heavy atom. The minimum absolute atomic E-state index is 0.00698. The Kier molecular flexibility index (Phi) is 7.57. The number of hydrogen-bond acceptors (Lipinski definition) is 3. The number of rotatable bonds is 9. The van der Waals surface area contributed by atoms with E-state index in [0.29, 0.717) is 17.7 Å². The molecule has 1 aromatic heterocycles. The van der Waals surface area contributed by atoms with Gasteiger partial charge in [-0.1, -0.05) is 48.5 Å². The van der Waals surface area contributed by atoms with Crippen molar-refractivity contribution in [3.8, 4) is 0 Å². The number of carbonyl (C=O) groups is 2. The molecule has 1 heterocycles. The van der Waals surface area contributed by atoms with E-state index in [1.165, 1.54) is 10.1 Å². The fraction of sp³-hybridized carbons (Fsp3) is 0.333. The maximum absolute atomic E-state index is 12.7. The lowest BCUT2D eigenvalue weighted by molar-refractivity contribution is -0.125. The van der Waals surface area contributed by atoms with Gasteiger partial charge in [-0.3, -0.25) is 9.36 Å². The zero-order valence-corrected chi connectivity index (χ0v) is 18.0. The molecule has 1 amide bonds. The van der Waals surface area contributed by atoms with Gasteiger partial charge in [-0.2, -0.15) is 12.6 Å². The molecule has 0 saturated carbocycles. The summed E-state index contributed by atoms with van der Waals surface area (Å²) in [4.78, 5) is 24.2. The van der Waals surface area contributed by atoms with E-state index >= 15 is 0 Å². The minimum atomic E-state index is -1.01. The molecule has 2 aromatic carbocycles. The van der Waals surface area contributed by atoms with E-state index in [1.54, 1.807) is 12.3 Å². The largest absolute Gasteiger partial charge is 0.464 e. The van der Waals surface area contributed by atoms with Crippen LogP contribution in [0.2, 0.25) is 0 Å². The summed E-state index contributed by atoms with van der Waals surface area (Å²) in [7, 11) is 0. The molecule has 0 saturated heterocycles. The highest BCUT2D eigenvalue weighted by molar-refractivity contribution is 7.80. The molecule has 2 atom stereocenters. The normalized spacial score (nSPS) is 13.1. The van der Waals surface area contributed by atoms with Crippen LogP contribution in [-0.2, 0) is 17.6 Å². The summed E-state index contributed by atoms with van der Waals surface area (Å²) in [5.41, 5.74) is 2.85. The molecule has 5 nitrogen and oxygen atoms in total. The van der Waals surface area contributed by atoms with E-state index in [9.17, 15) is 14.7 Å². The van der Waals surface area contributed by atoms with Crippen molar-refractivity contribution in [1.82, 2.24) is 9.88 Å². The van der Waals surface area contributed by atoms with E-state index in [4.69, 9.17) is 0 Å². The number of amides is 1. The van der Waals surface area contributed by atoms with Gasteiger partial charge in [0.25, 0.3) is 0 Å². The van der Waals surface area contributed by atoms with E-state index in [-0.39, 0.29) is 17.9 Å². The molecule has 0 bridgehead atoms. The van der Waals surface area contributed by atoms with Crippen molar-refractivity contribution in [3.05, 3.63) is 71.9 Å². The molecule has 158 valence electrons. The number of aromatic nitrogens is 1. The molecule has 6 heteroatoms. The predicted octanol–water partition coefficient (Wildman–Crippen LogP) is 4.78. The molecule has 0 aliphatic rings. The number of para-hydroxylation sites is 1. The van der Waals surface area contributed by atoms with Crippen LogP contribution in [0.4, 0.5) is 4.79 Å². The molecule has 0 aliphatic carbocycles. The lowest BCUT2D eigenvalue weighted by Gasteiger charge is -2.19. The second kappa shape index (κ2) is 10.3. The summed E-state index contributed by atoms with van der Waals surface area (Å²) in [5.74, 6) is 0.374. The summed E-state index contributed by atoms with van der Waals surface area (Å²) in [6, 6.07) is 17.6. The number of benzene rings is 2. The molecule has 0 aliphatic heterocycles. The number of aryl methyl sites for hydroxylation is 1. The van der Waals surface area contributed by atoms with Crippen molar-refractivity contribution >= 4 is 35.5 Å². The van der Waals surface area contributed by atoms with E-state index in [2.05, 4.69) is 30.1 Å². The smallest absolute Gasteiger partial charge is 0.416 e. The highest BCUT2D eigenvalue weighted by Crippen LogP contribution is 2.23. The fourth-order valence-electron chi connectivity index (χ4n) is 3.82. The number of hydrogen-bond donors (Lipinski definition) is 3. The second-order valence-electron chi connectivity index (χ2n) is 7.70. The van der Waals surface area contributed by atoms with Crippen molar-refractivity contribution in [3.63, 3.8) is 0 Å². The van der Waals surface area contributed by atoms with Gasteiger partial charge in [-0.05, 0) is 49.8 Å². The van der Waals surface area contributed by atoms with Crippen LogP contribution in [0.15, 0.2) is 60.8 Å². The van der Waals surface area contributed by atoms with Gasteiger partial charge < -0.3 is 10.4 Å². The molecule has 3 aromatic rings. The summed E-state index contributed by atoms with van der Waals surface area (Å²) < 4.78 is 1.24. The molecule has 3 rings (SSSR count). The molecule has 30 heavy (non-hydrogen) atoms. The summed E-state index contributed by atoms with van der Waals surface area (Å²) in [6.45, 7) is 1.95. The van der Waals surface area contributed by atoms with E-state index < -0.39 is 6.09 Å². The Bertz CT molecular complexity index is 1000. The van der Waals surface area contributed by atoms with Gasteiger partial charge >= 0.3 is 6.09 Å². The van der Waals surface area contributed by atoms with Crippen LogP contribution in [0.5, 0.6) is 0 Å². The maximum atomic E-state index is 12.7. The van der Waals surface area contributed by atoms with Crippen LogP contribution < -0.4 is 5.32 Å². The standard InChI is InChI=1S/C24H28N2O3S/c1-17(14-20-15-26(24(28)29)22-13-6-5-12-21(20)22)25-23(27)19(16-30)11-7-10-18-8-3-2-4-9-18/h2-6,8-9,12-13,15,17,19,30H,7,10-11,14,16H2,1H3,(H,25,27)(H,28,29)/t17-,19?/m1/s1. The van der Waals surface area contributed by atoms with Crippen molar-refractivity contribution in [2.75, 3.05) is 5.75 Å². The van der Waals surface area contributed by atoms with E-state index in [0.717, 1.165) is 30.2 Å². The summed E-state index contributed by atoms with van der Waals surface area (Å²) in [5, 5.41) is 13.4. The van der Waals surface area contributed by atoms with Gasteiger partial charge in [0.2, 0.25) is 5.91 Å². The number of nitrogens with zero attached hydrogens (tertiary/aromatic N) is 1. The molecule has 1 unspecified atom stereocenters. The van der Waals surface area contributed by atoms with Crippen molar-refractivity contribution in [2.45, 2.75) is 38.6 Å². The first-order valence-electron chi connectivity index (χ1n) is 10.3.